The second-order valence-electron chi connectivity index (χ2n) is 5.97. The number of rotatable bonds is 4. The van der Waals surface area contributed by atoms with Crippen molar-refractivity contribution >= 4 is 0 Å². The first kappa shape index (κ1) is 13.4. The zero-order valence-electron chi connectivity index (χ0n) is 11.6. The van der Waals surface area contributed by atoms with Crippen molar-refractivity contribution in [3.8, 4) is 0 Å². The van der Waals surface area contributed by atoms with E-state index in [1.807, 2.05) is 0 Å². The summed E-state index contributed by atoms with van der Waals surface area (Å²) in [5, 5.41) is 3.85. The molecule has 0 spiro atoms. The van der Waals surface area contributed by atoms with Crippen LogP contribution in [0, 0.1) is 5.92 Å². The van der Waals surface area contributed by atoms with Gasteiger partial charge in [-0.3, -0.25) is 0 Å². The predicted molar refractivity (Wildman–Crippen MR) is 74.3 cm³/mol. The first-order valence-electron chi connectivity index (χ1n) is 7.84. The van der Waals surface area contributed by atoms with Gasteiger partial charge in [0.2, 0.25) is 0 Å². The molecule has 2 nitrogen and oxygen atoms in total. The van der Waals surface area contributed by atoms with Crippen LogP contribution >= 0.6 is 0 Å². The summed E-state index contributed by atoms with van der Waals surface area (Å²) >= 11 is 0. The second kappa shape index (κ2) is 7.38. The number of hydrogen-bond donors (Lipinski definition) is 1. The molecule has 2 rings (SSSR count). The van der Waals surface area contributed by atoms with Gasteiger partial charge in [0.1, 0.15) is 0 Å². The average molecular weight is 238 g/mol. The van der Waals surface area contributed by atoms with Crippen molar-refractivity contribution in [3.63, 3.8) is 0 Å². The van der Waals surface area contributed by atoms with Gasteiger partial charge >= 0.3 is 0 Å². The molecule has 0 atom stereocenters. The van der Waals surface area contributed by atoms with Gasteiger partial charge in [0.25, 0.3) is 0 Å². The third-order valence-corrected chi connectivity index (χ3v) is 4.70. The summed E-state index contributed by atoms with van der Waals surface area (Å²) in [7, 11) is 0. The molecule has 0 radical (unpaired) electrons. The molecule has 2 fully saturated rings. The summed E-state index contributed by atoms with van der Waals surface area (Å²) in [5.41, 5.74) is 0. The second-order valence-corrected chi connectivity index (χ2v) is 5.97. The highest BCUT2D eigenvalue weighted by molar-refractivity contribution is 4.76. The van der Waals surface area contributed by atoms with Crippen LogP contribution in [0.3, 0.4) is 0 Å². The van der Waals surface area contributed by atoms with Crippen LogP contribution in [0.5, 0.6) is 0 Å². The Kier molecular flexibility index (Phi) is 5.79. The number of hydrogen-bond acceptors (Lipinski definition) is 2. The van der Waals surface area contributed by atoms with Gasteiger partial charge in [-0.25, -0.2) is 0 Å². The zero-order valence-corrected chi connectivity index (χ0v) is 11.6. The van der Waals surface area contributed by atoms with Gasteiger partial charge in [0.15, 0.2) is 0 Å². The smallest absolute Gasteiger partial charge is 0.00671 e. The van der Waals surface area contributed by atoms with Crippen LogP contribution in [0.1, 0.15) is 58.3 Å². The maximum Gasteiger partial charge on any atom is 0.00671 e. The maximum atomic E-state index is 3.85. The molecule has 0 aromatic rings. The normalized spacial score (nSPS) is 25.9. The number of nitrogens with zero attached hydrogens (tertiary/aromatic N) is 1. The lowest BCUT2D eigenvalue weighted by Gasteiger charge is -2.32. The minimum absolute atomic E-state index is 0.835. The van der Waals surface area contributed by atoms with Crippen molar-refractivity contribution in [1.29, 1.82) is 0 Å². The maximum absolute atomic E-state index is 3.85. The Bertz CT molecular complexity index is 189. The van der Waals surface area contributed by atoms with Crippen molar-refractivity contribution < 1.29 is 0 Å². The van der Waals surface area contributed by atoms with Crippen LogP contribution in [0.25, 0.3) is 0 Å². The highest BCUT2D eigenvalue weighted by Gasteiger charge is 2.19. The Labute approximate surface area is 107 Å². The highest BCUT2D eigenvalue weighted by atomic mass is 15.1. The van der Waals surface area contributed by atoms with Crippen molar-refractivity contribution in [3.05, 3.63) is 0 Å². The standard InChI is InChI=1S/C15H30N2/c1-2-17-11-9-14(10-12-17)13-16-15-7-5-3-4-6-8-15/h14-16H,2-13H2,1H3. The Morgan fingerprint density at radius 3 is 2.18 bits per heavy atom. The monoisotopic (exact) mass is 238 g/mol. The van der Waals surface area contributed by atoms with E-state index in [0.29, 0.717) is 0 Å². The molecular formula is C15H30N2. The van der Waals surface area contributed by atoms with E-state index in [4.69, 9.17) is 0 Å². The van der Waals surface area contributed by atoms with Gasteiger partial charge in [-0.1, -0.05) is 32.6 Å². The van der Waals surface area contributed by atoms with Crippen molar-refractivity contribution in [2.45, 2.75) is 64.3 Å². The predicted octanol–water partition coefficient (Wildman–Crippen LogP) is 3.03. The summed E-state index contributed by atoms with van der Waals surface area (Å²) in [5.74, 6) is 0.945. The Morgan fingerprint density at radius 2 is 1.59 bits per heavy atom. The van der Waals surface area contributed by atoms with Crippen LogP contribution in [0.2, 0.25) is 0 Å². The highest BCUT2D eigenvalue weighted by Crippen LogP contribution is 2.19. The van der Waals surface area contributed by atoms with Gasteiger partial charge in [0, 0.05) is 6.04 Å². The quantitative estimate of drug-likeness (QED) is 0.757. The van der Waals surface area contributed by atoms with Crippen LogP contribution in [-0.2, 0) is 0 Å². The molecule has 1 saturated heterocycles. The summed E-state index contributed by atoms with van der Waals surface area (Å²) in [6, 6.07) is 0.835. The SMILES string of the molecule is CCN1CCC(CNC2CCCCCC2)CC1. The van der Waals surface area contributed by atoms with Gasteiger partial charge in [0.05, 0.1) is 0 Å². The van der Waals surface area contributed by atoms with Gasteiger partial charge in [-0.05, 0) is 57.8 Å². The van der Waals surface area contributed by atoms with E-state index in [0.717, 1.165) is 12.0 Å². The van der Waals surface area contributed by atoms with E-state index in [2.05, 4.69) is 17.1 Å². The fourth-order valence-corrected chi connectivity index (χ4v) is 3.32. The summed E-state index contributed by atoms with van der Waals surface area (Å²) in [6.45, 7) is 7.45. The first-order chi connectivity index (χ1) is 8.38. The molecule has 1 aliphatic carbocycles. The van der Waals surface area contributed by atoms with E-state index >= 15 is 0 Å². The molecular weight excluding hydrogens is 208 g/mol. The molecule has 2 heteroatoms. The number of nitrogens with one attached hydrogen (secondary N) is 1. The van der Waals surface area contributed by atoms with Crippen molar-refractivity contribution in [1.82, 2.24) is 10.2 Å². The van der Waals surface area contributed by atoms with Crippen molar-refractivity contribution in [2.24, 2.45) is 5.92 Å². The van der Waals surface area contributed by atoms with Gasteiger partial charge < -0.3 is 10.2 Å². The molecule has 0 amide bonds. The third-order valence-electron chi connectivity index (χ3n) is 4.70. The molecule has 1 aliphatic heterocycles. The molecule has 1 N–H and O–H groups in total. The van der Waals surface area contributed by atoms with E-state index in [9.17, 15) is 0 Å². The summed E-state index contributed by atoms with van der Waals surface area (Å²) < 4.78 is 0. The van der Waals surface area contributed by atoms with Gasteiger partial charge in [-0.2, -0.15) is 0 Å². The Morgan fingerprint density at radius 1 is 0.941 bits per heavy atom. The Balaban J connectivity index is 1.61. The molecule has 100 valence electrons. The van der Waals surface area contributed by atoms with E-state index < -0.39 is 0 Å². The number of likely N-dealkylation sites (tertiary alicyclic amines) is 1. The molecule has 17 heavy (non-hydrogen) atoms. The van der Waals surface area contributed by atoms with Crippen LogP contribution < -0.4 is 5.32 Å². The minimum Gasteiger partial charge on any atom is -0.314 e. The van der Waals surface area contributed by atoms with Crippen LogP contribution in [0.15, 0.2) is 0 Å². The summed E-state index contributed by atoms with van der Waals surface area (Å²) in [4.78, 5) is 2.59. The van der Waals surface area contributed by atoms with Crippen molar-refractivity contribution in [2.75, 3.05) is 26.2 Å². The molecule has 2 aliphatic rings. The first-order valence-corrected chi connectivity index (χ1v) is 7.84. The van der Waals surface area contributed by atoms with E-state index in [1.165, 1.54) is 77.5 Å². The van der Waals surface area contributed by atoms with Crippen LogP contribution in [0.4, 0.5) is 0 Å². The fourth-order valence-electron chi connectivity index (χ4n) is 3.32. The van der Waals surface area contributed by atoms with E-state index in [1.54, 1.807) is 0 Å². The molecule has 0 unspecified atom stereocenters. The summed E-state index contributed by atoms with van der Waals surface area (Å²) in [6.07, 6.45) is 11.5. The van der Waals surface area contributed by atoms with Gasteiger partial charge in [-0.15, -0.1) is 0 Å². The molecule has 0 aromatic carbocycles. The van der Waals surface area contributed by atoms with E-state index in [-0.39, 0.29) is 0 Å². The molecule has 1 saturated carbocycles. The average Bonchev–Trinajstić information content (AvgIpc) is 2.65. The topological polar surface area (TPSA) is 15.3 Å². The lowest BCUT2D eigenvalue weighted by Crippen LogP contribution is -2.39. The Hall–Kier alpha value is -0.0800. The number of piperidine rings is 1. The molecule has 1 heterocycles. The van der Waals surface area contributed by atoms with Crippen LogP contribution in [-0.4, -0.2) is 37.1 Å². The lowest BCUT2D eigenvalue weighted by atomic mass is 9.96. The fraction of sp³-hybridized carbons (Fsp3) is 1.00. The minimum atomic E-state index is 0.835. The third kappa shape index (κ3) is 4.59. The molecule has 0 aromatic heterocycles. The zero-order chi connectivity index (χ0) is 11.9. The largest absolute Gasteiger partial charge is 0.314 e. The lowest BCUT2D eigenvalue weighted by molar-refractivity contribution is 0.186. The molecule has 0 bridgehead atoms.